The predicted octanol–water partition coefficient (Wildman–Crippen LogP) is 4.44. The summed E-state index contributed by atoms with van der Waals surface area (Å²) in [5.41, 5.74) is 4.24. The fourth-order valence-electron chi connectivity index (χ4n) is 6.73. The summed E-state index contributed by atoms with van der Waals surface area (Å²) in [5.74, 6) is -1.42. The second-order valence-electron chi connectivity index (χ2n) is 17.0. The minimum absolute atomic E-state index is 0.0251. The molecule has 2 aromatic rings. The van der Waals surface area contributed by atoms with Gasteiger partial charge >= 0.3 is 23.5 Å². The molecule has 1 fully saturated rings. The number of thioether (sulfide) groups is 1. The van der Waals surface area contributed by atoms with Crippen LogP contribution in [0.1, 0.15) is 117 Å². The van der Waals surface area contributed by atoms with E-state index in [1.165, 1.54) is 33.1 Å². The molecule has 0 radical (unpaired) electrons. The van der Waals surface area contributed by atoms with E-state index in [2.05, 4.69) is 65.6 Å². The summed E-state index contributed by atoms with van der Waals surface area (Å²) in [6.45, 7) is 2.52. The normalized spacial score (nSPS) is 19.9. The van der Waals surface area contributed by atoms with Crippen LogP contribution in [-0.4, -0.2) is 128 Å². The van der Waals surface area contributed by atoms with Gasteiger partial charge in [-0.2, -0.15) is 4.31 Å². The number of nitrogens with one attached hydrogen (secondary N) is 2. The smallest absolute Gasteiger partial charge is 0.386 e. The van der Waals surface area contributed by atoms with Crippen LogP contribution in [0.25, 0.3) is 11.2 Å². The van der Waals surface area contributed by atoms with E-state index in [0.717, 1.165) is 80.4 Å². The number of nitrogens with zero attached hydrogens (tertiary/aromatic N) is 4. The highest BCUT2D eigenvalue weighted by atomic mass is 32.2. The molecule has 2 unspecified atom stereocenters. The summed E-state index contributed by atoms with van der Waals surface area (Å²) in [6.07, 6.45) is 13.8. The molecule has 396 valence electrons. The first kappa shape index (κ1) is 61.0. The molecular weight excluding hydrogens is 1000 g/mol. The zero-order valence-corrected chi connectivity index (χ0v) is 43.0. The number of ether oxygens (including phenoxy) is 1. The van der Waals surface area contributed by atoms with Crippen molar-refractivity contribution >= 4 is 74.9 Å². The van der Waals surface area contributed by atoms with Gasteiger partial charge in [0.15, 0.2) is 22.8 Å². The Hall–Kier alpha value is -3.29. The maximum atomic E-state index is 12.7. The summed E-state index contributed by atoms with van der Waals surface area (Å²) in [5, 5.41) is 26.2. The van der Waals surface area contributed by atoms with E-state index in [1.54, 1.807) is 0 Å². The number of hydrogen-bond donors (Lipinski definition) is 9. The molecule has 25 nitrogen and oxygen atoms in total. The number of imidazole rings is 1. The van der Waals surface area contributed by atoms with Crippen LogP contribution in [0.5, 0.6) is 0 Å². The lowest BCUT2D eigenvalue weighted by atomic mass is 9.87. The largest absolute Gasteiger partial charge is 0.481 e. The fraction of sp³-hybridized carbons (Fsp3) is 0.683. The average Bonchev–Trinajstić information content (AvgIpc) is 3.84. The minimum Gasteiger partial charge on any atom is -0.386 e. The van der Waals surface area contributed by atoms with Crippen LogP contribution in [0.4, 0.5) is 5.82 Å². The first-order valence-corrected chi connectivity index (χ1v) is 28.3. The lowest BCUT2D eigenvalue weighted by Gasteiger charge is -2.30. The lowest BCUT2D eigenvalue weighted by molar-refractivity contribution is -0.137. The number of phosphoric acid groups is 3. The van der Waals surface area contributed by atoms with Gasteiger partial charge in [0.05, 0.1) is 26.0 Å². The number of amides is 2. The van der Waals surface area contributed by atoms with Gasteiger partial charge in [-0.15, -0.1) is 0 Å². The Balaban J connectivity index is 1.30. The number of aliphatic hydroxyl groups excluding tert-OH is 2. The SMILES string of the molecule is CCCCC/C=C\C/C=C\CCCCCCCC(=O)CC(=O)SCCNC(=O)CCNC(=O)[C@H](O)C(C)(C)COP(=O)(O)OP(=O)(O)OC[C@@H]1O[C@H](n2cnc3c(N)ncnc32)[C@H](O)[C@@H]1OP(=O)(O)O. The van der Waals surface area contributed by atoms with Crippen molar-refractivity contribution in [3.05, 3.63) is 37.0 Å². The van der Waals surface area contributed by atoms with Crippen LogP contribution in [0.2, 0.25) is 0 Å². The number of nitrogen functional groups attached to an aromatic ring is 1. The summed E-state index contributed by atoms with van der Waals surface area (Å²) >= 11 is 0.931. The van der Waals surface area contributed by atoms with Crippen molar-refractivity contribution in [2.45, 2.75) is 141 Å². The lowest BCUT2D eigenvalue weighted by Crippen LogP contribution is -2.46. The molecule has 1 aliphatic heterocycles. The van der Waals surface area contributed by atoms with Crippen LogP contribution >= 0.6 is 35.2 Å². The number of fused-ring (bicyclic) bond motifs is 1. The number of aromatic nitrogens is 4. The predicted molar refractivity (Wildman–Crippen MR) is 256 cm³/mol. The number of carbonyl (C=O) groups is 4. The first-order chi connectivity index (χ1) is 32.9. The molecule has 0 saturated carbocycles. The molecule has 0 aromatic carbocycles. The molecule has 2 aromatic heterocycles. The van der Waals surface area contributed by atoms with E-state index in [9.17, 15) is 62.7 Å². The maximum Gasteiger partial charge on any atom is 0.481 e. The van der Waals surface area contributed by atoms with Crippen molar-refractivity contribution in [3.63, 3.8) is 0 Å². The molecule has 3 heterocycles. The van der Waals surface area contributed by atoms with Gasteiger partial charge in [0.1, 0.15) is 42.0 Å². The average molecular weight is 1070 g/mol. The van der Waals surface area contributed by atoms with E-state index >= 15 is 0 Å². The van der Waals surface area contributed by atoms with E-state index in [0.29, 0.717) is 6.42 Å². The number of ketones is 1. The van der Waals surface area contributed by atoms with Gasteiger partial charge in [0.2, 0.25) is 11.8 Å². The van der Waals surface area contributed by atoms with Crippen molar-refractivity contribution in [1.29, 1.82) is 0 Å². The monoisotopic (exact) mass is 1070 g/mol. The topological polar surface area (TPSA) is 381 Å². The molecule has 70 heavy (non-hydrogen) atoms. The Morgan fingerprint density at radius 2 is 1.56 bits per heavy atom. The summed E-state index contributed by atoms with van der Waals surface area (Å²) in [6, 6.07) is 0. The Bertz CT molecular complexity index is 2210. The highest BCUT2D eigenvalue weighted by Gasteiger charge is 2.50. The Labute approximate surface area is 410 Å². The van der Waals surface area contributed by atoms with Crippen LogP contribution < -0.4 is 16.4 Å². The van der Waals surface area contributed by atoms with Crippen molar-refractivity contribution in [3.8, 4) is 0 Å². The number of phosphoric ester groups is 3. The molecule has 1 aliphatic rings. The van der Waals surface area contributed by atoms with E-state index in [4.69, 9.17) is 19.5 Å². The third kappa shape index (κ3) is 22.6. The van der Waals surface area contributed by atoms with Crippen LogP contribution in [0.15, 0.2) is 37.0 Å². The summed E-state index contributed by atoms with van der Waals surface area (Å²) in [4.78, 5) is 101. The molecule has 0 bridgehead atoms. The van der Waals surface area contributed by atoms with Gasteiger partial charge in [-0.25, -0.2) is 28.6 Å². The molecule has 2 amide bonds. The molecular formula is C41H68N7O18P3S. The molecule has 7 atom stereocenters. The highest BCUT2D eigenvalue weighted by molar-refractivity contribution is 8.13. The van der Waals surface area contributed by atoms with Crippen molar-refractivity contribution in [2.24, 2.45) is 5.41 Å². The van der Waals surface area contributed by atoms with Gasteiger partial charge in [-0.3, -0.25) is 37.3 Å². The number of carbonyl (C=O) groups excluding carboxylic acids is 4. The van der Waals surface area contributed by atoms with Crippen LogP contribution in [0, 0.1) is 5.41 Å². The van der Waals surface area contributed by atoms with Crippen molar-refractivity contribution in [1.82, 2.24) is 30.2 Å². The first-order valence-electron chi connectivity index (χ1n) is 22.8. The maximum absolute atomic E-state index is 12.7. The summed E-state index contributed by atoms with van der Waals surface area (Å²) in [7, 11) is -16.5. The van der Waals surface area contributed by atoms with Gasteiger partial charge in [0, 0.05) is 37.1 Å². The number of anilines is 1. The van der Waals surface area contributed by atoms with Gasteiger partial charge in [-0.05, 0) is 38.5 Å². The second kappa shape index (κ2) is 30.0. The van der Waals surface area contributed by atoms with Crippen molar-refractivity contribution < 1.29 is 85.3 Å². The number of hydrogen-bond acceptors (Lipinski definition) is 19. The van der Waals surface area contributed by atoms with E-state index < -0.39 is 84.6 Å². The molecule has 29 heteroatoms. The Kier molecular flexibility index (Phi) is 26.2. The van der Waals surface area contributed by atoms with E-state index in [1.807, 2.05) is 0 Å². The Morgan fingerprint density at radius 3 is 2.24 bits per heavy atom. The van der Waals surface area contributed by atoms with Gasteiger partial charge in [-0.1, -0.05) is 88.9 Å². The fourth-order valence-corrected chi connectivity index (χ4v) is 10.3. The third-order valence-corrected chi connectivity index (χ3v) is 14.5. The third-order valence-electron chi connectivity index (χ3n) is 10.5. The second-order valence-corrected chi connectivity index (χ2v) is 22.4. The minimum atomic E-state index is -5.59. The standard InChI is InChI=1S/C41H68N7O18P3S/c1-4-5-6-7-8-9-10-11-12-13-14-15-16-17-18-19-29(49)24-32(51)70-23-22-43-31(50)20-21-44-39(54)36(53)41(2,3)26-63-69(60,61)66-68(58,59)62-25-30-35(65-67(55,56)57)34(52)40(64-30)48-28-47-33-37(42)45-27-46-38(33)48/h8-9,11-12,27-28,30,34-36,40,52-53H,4-7,10,13-26H2,1-3H3,(H,43,50)(H,44,54)(H,58,59)(H,60,61)(H2,42,45,46)(H2,55,56,57)/b9-8-,12-11-/t30-,34+,35+,36-,40-/m0/s1. The number of aliphatic hydroxyl groups is 2. The zero-order valence-electron chi connectivity index (χ0n) is 39.5. The molecule has 0 spiro atoms. The van der Waals surface area contributed by atoms with Crippen LogP contribution in [-0.2, 0) is 55.5 Å². The number of allylic oxidation sites excluding steroid dienone is 4. The van der Waals surface area contributed by atoms with Crippen molar-refractivity contribution in [2.75, 3.05) is 37.8 Å². The molecule has 0 aliphatic carbocycles. The molecule has 1 saturated heterocycles. The number of rotatable bonds is 35. The number of nitrogens with two attached hydrogens (primary N) is 1. The number of Topliss-reactive ketones (excluding diaryl/α,β-unsaturated/α-hetero) is 1. The van der Waals surface area contributed by atoms with Gasteiger partial charge in [0.25, 0.3) is 0 Å². The molecule has 3 rings (SSSR count). The number of unbranched alkanes of at least 4 members (excludes halogenated alkanes) is 8. The zero-order chi connectivity index (χ0) is 52.0. The Morgan fingerprint density at radius 1 is 0.900 bits per heavy atom. The highest BCUT2D eigenvalue weighted by Crippen LogP contribution is 2.61. The van der Waals surface area contributed by atoms with E-state index in [-0.39, 0.29) is 59.6 Å². The molecule has 10 N–H and O–H groups in total. The summed E-state index contributed by atoms with van der Waals surface area (Å²) < 4.78 is 62.4. The quantitative estimate of drug-likeness (QED) is 0.0199. The van der Waals surface area contributed by atoms with Crippen LogP contribution in [0.3, 0.4) is 0 Å². The van der Waals surface area contributed by atoms with Gasteiger partial charge < -0.3 is 50.9 Å².